The van der Waals surface area contributed by atoms with Gasteiger partial charge in [-0.05, 0) is 49.0 Å². The van der Waals surface area contributed by atoms with E-state index in [-0.39, 0.29) is 11.7 Å². The highest BCUT2D eigenvalue weighted by atomic mass is 32.2. The van der Waals surface area contributed by atoms with Gasteiger partial charge in [-0.1, -0.05) is 52.0 Å². The van der Waals surface area contributed by atoms with Gasteiger partial charge in [-0.25, -0.2) is 4.98 Å². The van der Waals surface area contributed by atoms with Crippen molar-refractivity contribution in [2.75, 3.05) is 24.6 Å². The van der Waals surface area contributed by atoms with Crippen molar-refractivity contribution in [3.05, 3.63) is 42.0 Å². The zero-order valence-electron chi connectivity index (χ0n) is 25.0. The number of carbonyl (C=O) groups is 2. The molecule has 2 unspecified atom stereocenters. The molecule has 1 aromatic heterocycles. The lowest BCUT2D eigenvalue weighted by Gasteiger charge is -2.12. The number of nitrogens with zero attached hydrogens (tertiary/aromatic N) is 1. The van der Waals surface area contributed by atoms with E-state index < -0.39 is 34.8 Å². The highest BCUT2D eigenvalue weighted by Gasteiger charge is 2.17. The van der Waals surface area contributed by atoms with Crippen molar-refractivity contribution in [1.82, 2.24) is 9.97 Å². The summed E-state index contributed by atoms with van der Waals surface area (Å²) in [4.78, 5) is 26.8. The van der Waals surface area contributed by atoms with E-state index in [1.807, 2.05) is 24.5 Å². The second kappa shape index (κ2) is 22.0. The van der Waals surface area contributed by atoms with Crippen LogP contribution < -0.4 is 20.9 Å². The van der Waals surface area contributed by atoms with Gasteiger partial charge in [-0.3, -0.25) is 13.8 Å². The van der Waals surface area contributed by atoms with Gasteiger partial charge in [0.1, 0.15) is 12.1 Å². The molecule has 2 aromatic rings. The minimum Gasteiger partial charge on any atom is -0.480 e. The molecule has 0 aliphatic carbocycles. The number of thioether (sulfide) groups is 1. The largest absolute Gasteiger partial charge is 0.480 e. The van der Waals surface area contributed by atoms with Crippen molar-refractivity contribution >= 4 is 34.5 Å². The molecule has 238 valence electrons. The Labute approximate surface area is 256 Å². The van der Waals surface area contributed by atoms with E-state index >= 15 is 0 Å². The van der Waals surface area contributed by atoms with Gasteiger partial charge < -0.3 is 36.1 Å². The first kappa shape index (κ1) is 37.4. The third-order valence-electron chi connectivity index (χ3n) is 6.37. The molecular formula is C29H48N4O7S2. The number of rotatable bonds is 17. The van der Waals surface area contributed by atoms with E-state index in [9.17, 15) is 13.8 Å². The van der Waals surface area contributed by atoms with Crippen LogP contribution in [0.25, 0.3) is 0 Å². The molecule has 0 fully saturated rings. The minimum absolute atomic E-state index is 0.191. The molecule has 0 spiro atoms. The Kier molecular flexibility index (Phi) is 19.6. The molecule has 0 amide bonds. The van der Waals surface area contributed by atoms with E-state index in [2.05, 4.69) is 23.8 Å². The van der Waals surface area contributed by atoms with Gasteiger partial charge in [-0.2, -0.15) is 11.8 Å². The number of carboxylic acids is 2. The van der Waals surface area contributed by atoms with Crippen LogP contribution in [0.4, 0.5) is 0 Å². The second-order valence-corrected chi connectivity index (χ2v) is 13.0. The maximum Gasteiger partial charge on any atom is 0.320 e. The predicted molar refractivity (Wildman–Crippen MR) is 169 cm³/mol. The van der Waals surface area contributed by atoms with E-state index in [0.29, 0.717) is 13.2 Å². The first-order valence-corrected chi connectivity index (χ1v) is 17.0. The number of H-pyrrole nitrogens is 1. The summed E-state index contributed by atoms with van der Waals surface area (Å²) >= 11 is 1.60. The molecule has 13 heteroatoms. The monoisotopic (exact) mass is 628 g/mol. The lowest BCUT2D eigenvalue weighted by atomic mass is 10.1. The minimum atomic E-state index is -1.00. The Hall–Kier alpha value is -2.61. The zero-order chi connectivity index (χ0) is 31.3. The molecule has 7 N–H and O–H groups in total. The van der Waals surface area contributed by atoms with E-state index in [4.69, 9.17) is 31.2 Å². The van der Waals surface area contributed by atoms with Crippen LogP contribution in [-0.2, 0) is 33.2 Å². The van der Waals surface area contributed by atoms with Crippen LogP contribution in [0, 0.1) is 0 Å². The molecule has 1 aromatic carbocycles. The van der Waals surface area contributed by atoms with Crippen LogP contribution >= 0.6 is 11.8 Å². The Morgan fingerprint density at radius 3 is 2.33 bits per heavy atom. The predicted octanol–water partition coefficient (Wildman–Crippen LogP) is 3.97. The molecule has 0 saturated carbocycles. The number of aromatic amines is 1. The standard InChI is InChI=1S/C18H28O3S.C6H9N3O2.C5H11NO2S/c1-3-4-5-6-7-8-11-22(19)15(2)12-16-9-10-17-18(13-16)21-14-20-17;7-5(6(10)11)1-4-2-8-3-9-4;1-9-3-2-4(6)5(7)8/h9-10,13,15H,3-8,11-12,14H2,1-2H3;2-3,5H,1,7H2,(H,8,9)(H,10,11);4H,2-3,6H2,1H3,(H,7,8)/t;5-;4-/m.00/s1. The average molecular weight is 629 g/mol. The molecule has 0 saturated heterocycles. The number of fused-ring (bicyclic) bond motifs is 1. The van der Waals surface area contributed by atoms with Crippen LogP contribution in [0.3, 0.4) is 0 Å². The van der Waals surface area contributed by atoms with Crippen molar-refractivity contribution in [2.24, 2.45) is 11.5 Å². The topological polar surface area (TPSA) is 191 Å². The van der Waals surface area contributed by atoms with Crippen molar-refractivity contribution < 1.29 is 33.5 Å². The van der Waals surface area contributed by atoms with Gasteiger partial charge in [0.25, 0.3) is 0 Å². The fraction of sp³-hybridized carbons (Fsp3) is 0.621. The summed E-state index contributed by atoms with van der Waals surface area (Å²) in [5.74, 6) is 1.35. The van der Waals surface area contributed by atoms with Crippen LogP contribution in [0.15, 0.2) is 30.7 Å². The molecule has 42 heavy (non-hydrogen) atoms. The summed E-state index contributed by atoms with van der Waals surface area (Å²) in [5, 5.41) is 16.9. The number of imidazole rings is 1. The van der Waals surface area contributed by atoms with E-state index in [0.717, 1.165) is 41.5 Å². The highest BCUT2D eigenvalue weighted by molar-refractivity contribution is 7.98. The molecule has 3 rings (SSSR count). The molecular weight excluding hydrogens is 580 g/mol. The number of nitrogens with one attached hydrogen (secondary N) is 1. The van der Waals surface area contributed by atoms with E-state index in [1.54, 1.807) is 18.0 Å². The second-order valence-electron chi connectivity index (χ2n) is 10.0. The fourth-order valence-electron chi connectivity index (χ4n) is 3.81. The number of hydrogen-bond acceptors (Lipinski definition) is 9. The van der Waals surface area contributed by atoms with E-state index in [1.165, 1.54) is 44.0 Å². The smallest absolute Gasteiger partial charge is 0.320 e. The molecule has 0 bridgehead atoms. The summed E-state index contributed by atoms with van der Waals surface area (Å²) in [6.07, 6.45) is 14.1. The SMILES string of the molecule is CCCCCCCCS(=O)C(C)Cc1ccc2c(c1)OCO2.CSCC[C@H](N)C(=O)O.N[C@@H](Cc1cnc[nH]1)C(=O)O. The van der Waals surface area contributed by atoms with Crippen molar-refractivity contribution in [1.29, 1.82) is 0 Å². The number of carboxylic acid groups (broad SMARTS) is 2. The third kappa shape index (κ3) is 16.1. The van der Waals surface area contributed by atoms with Crippen LogP contribution in [0.5, 0.6) is 11.5 Å². The van der Waals surface area contributed by atoms with Crippen molar-refractivity contribution in [3.63, 3.8) is 0 Å². The normalized spacial score (nSPS) is 14.4. The maximum absolute atomic E-state index is 12.3. The van der Waals surface area contributed by atoms with Crippen LogP contribution in [0.2, 0.25) is 0 Å². The number of aromatic nitrogens is 2. The molecule has 1 aliphatic rings. The van der Waals surface area contributed by atoms with Gasteiger partial charge in [0.15, 0.2) is 11.5 Å². The van der Waals surface area contributed by atoms with Gasteiger partial charge in [0, 0.05) is 40.1 Å². The van der Waals surface area contributed by atoms with Gasteiger partial charge >= 0.3 is 11.9 Å². The number of ether oxygens (including phenoxy) is 2. The quantitative estimate of drug-likeness (QED) is 0.159. The molecule has 2 heterocycles. The Balaban J connectivity index is 0.000000367. The number of hydrogen-bond donors (Lipinski definition) is 5. The summed E-state index contributed by atoms with van der Waals surface area (Å²) < 4.78 is 23.0. The lowest BCUT2D eigenvalue weighted by molar-refractivity contribution is -0.139. The molecule has 11 nitrogen and oxygen atoms in total. The Morgan fingerprint density at radius 2 is 1.71 bits per heavy atom. The molecule has 4 atom stereocenters. The molecule has 1 aliphatic heterocycles. The summed E-state index contributed by atoms with van der Waals surface area (Å²) in [5.41, 5.74) is 12.4. The van der Waals surface area contributed by atoms with Crippen molar-refractivity contribution in [2.45, 2.75) is 89.0 Å². The fourth-order valence-corrected chi connectivity index (χ4v) is 5.57. The lowest BCUT2D eigenvalue weighted by Crippen LogP contribution is -2.32. The Morgan fingerprint density at radius 1 is 1.05 bits per heavy atom. The number of nitrogens with two attached hydrogens (primary N) is 2. The number of unbranched alkanes of at least 4 members (excludes halogenated alkanes) is 5. The summed E-state index contributed by atoms with van der Waals surface area (Å²) in [6.45, 7) is 4.61. The maximum atomic E-state index is 12.3. The highest BCUT2D eigenvalue weighted by Crippen LogP contribution is 2.33. The first-order valence-electron chi connectivity index (χ1n) is 14.3. The number of benzene rings is 1. The van der Waals surface area contributed by atoms with Crippen LogP contribution in [0.1, 0.15) is 70.1 Å². The third-order valence-corrected chi connectivity index (χ3v) is 8.77. The van der Waals surface area contributed by atoms with Gasteiger partial charge in [0.05, 0.1) is 6.33 Å². The van der Waals surface area contributed by atoms with Gasteiger partial charge in [-0.15, -0.1) is 0 Å². The van der Waals surface area contributed by atoms with Crippen LogP contribution in [-0.4, -0.2) is 78.2 Å². The first-order chi connectivity index (χ1) is 20.1. The molecule has 0 radical (unpaired) electrons. The summed E-state index contributed by atoms with van der Waals surface area (Å²) in [7, 11) is -0.743. The summed E-state index contributed by atoms with van der Waals surface area (Å²) in [6, 6.07) is 4.47. The van der Waals surface area contributed by atoms with Gasteiger partial charge in [0.2, 0.25) is 6.79 Å². The Bertz CT molecular complexity index is 1060. The average Bonchev–Trinajstić information content (AvgIpc) is 3.66. The zero-order valence-corrected chi connectivity index (χ0v) is 26.6. The van der Waals surface area contributed by atoms with Crippen molar-refractivity contribution in [3.8, 4) is 11.5 Å². The number of aliphatic carboxylic acids is 2.